The molecule has 2 aromatic rings. The summed E-state index contributed by atoms with van der Waals surface area (Å²) in [5, 5.41) is 2.84. The van der Waals surface area contributed by atoms with E-state index in [1.54, 1.807) is 37.4 Å². The summed E-state index contributed by atoms with van der Waals surface area (Å²) in [6.45, 7) is 2.45. The minimum Gasteiger partial charge on any atom is -0.494 e. The predicted molar refractivity (Wildman–Crippen MR) is 108 cm³/mol. The molecule has 28 heavy (non-hydrogen) atoms. The van der Waals surface area contributed by atoms with Crippen molar-refractivity contribution in [1.82, 2.24) is 0 Å². The molecule has 1 N–H and O–H groups in total. The lowest BCUT2D eigenvalue weighted by atomic mass is 10.2. The van der Waals surface area contributed by atoms with E-state index in [0.717, 1.165) is 18.6 Å². The van der Waals surface area contributed by atoms with Crippen molar-refractivity contribution < 1.29 is 23.7 Å². The van der Waals surface area contributed by atoms with Gasteiger partial charge in [0.15, 0.2) is 18.1 Å². The van der Waals surface area contributed by atoms with Crippen molar-refractivity contribution in [2.24, 2.45) is 0 Å². The summed E-state index contributed by atoms with van der Waals surface area (Å²) in [5.74, 6) is 2.45. The van der Waals surface area contributed by atoms with Crippen LogP contribution in [0.25, 0.3) is 0 Å². The van der Waals surface area contributed by atoms with Gasteiger partial charge in [-0.2, -0.15) is 0 Å². The maximum atomic E-state index is 12.2. The lowest BCUT2D eigenvalue weighted by Crippen LogP contribution is -2.20. The summed E-state index contributed by atoms with van der Waals surface area (Å²) in [4.78, 5) is 12.2. The third-order valence-electron chi connectivity index (χ3n) is 4.55. The van der Waals surface area contributed by atoms with Crippen LogP contribution in [-0.4, -0.2) is 32.3 Å². The van der Waals surface area contributed by atoms with Crippen molar-refractivity contribution in [3.8, 4) is 23.0 Å². The molecule has 0 aliphatic heterocycles. The van der Waals surface area contributed by atoms with E-state index in [-0.39, 0.29) is 18.6 Å². The number of carbonyl (C=O) groups is 1. The standard InChI is InChI=1S/C22H27NO5/c1-3-26-17-9-11-18(12-10-17)27-15-22(24)23-16-8-13-20(25-2)21(14-16)28-19-6-4-5-7-19/h8-14,19H,3-7,15H2,1-2H3,(H,23,24). The second-order valence-electron chi connectivity index (χ2n) is 6.63. The summed E-state index contributed by atoms with van der Waals surface area (Å²) < 4.78 is 22.4. The van der Waals surface area contributed by atoms with Crippen LogP contribution in [0.2, 0.25) is 0 Å². The van der Waals surface area contributed by atoms with Crippen LogP contribution < -0.4 is 24.3 Å². The fraction of sp³-hybridized carbons (Fsp3) is 0.409. The Hall–Kier alpha value is -2.89. The van der Waals surface area contributed by atoms with E-state index >= 15 is 0 Å². The number of amides is 1. The molecule has 1 saturated carbocycles. The number of ether oxygens (including phenoxy) is 4. The summed E-state index contributed by atoms with van der Waals surface area (Å²) in [5.41, 5.74) is 0.647. The van der Waals surface area contributed by atoms with Gasteiger partial charge in [-0.15, -0.1) is 0 Å². The van der Waals surface area contributed by atoms with Gasteiger partial charge < -0.3 is 24.3 Å². The summed E-state index contributed by atoms with van der Waals surface area (Å²) in [6.07, 6.45) is 4.69. The highest BCUT2D eigenvalue weighted by Crippen LogP contribution is 2.33. The van der Waals surface area contributed by atoms with E-state index in [1.807, 2.05) is 19.1 Å². The van der Waals surface area contributed by atoms with Crippen LogP contribution in [0.15, 0.2) is 42.5 Å². The largest absolute Gasteiger partial charge is 0.494 e. The average Bonchev–Trinajstić information content (AvgIpc) is 3.21. The second kappa shape index (κ2) is 9.88. The lowest BCUT2D eigenvalue weighted by molar-refractivity contribution is -0.118. The van der Waals surface area contributed by atoms with Crippen molar-refractivity contribution in [3.05, 3.63) is 42.5 Å². The van der Waals surface area contributed by atoms with Crippen LogP contribution in [0.3, 0.4) is 0 Å². The van der Waals surface area contributed by atoms with Crippen molar-refractivity contribution in [3.63, 3.8) is 0 Å². The fourth-order valence-electron chi connectivity index (χ4n) is 3.18. The lowest BCUT2D eigenvalue weighted by Gasteiger charge is -2.17. The number of hydrogen-bond acceptors (Lipinski definition) is 5. The topological polar surface area (TPSA) is 66.0 Å². The van der Waals surface area contributed by atoms with Crippen molar-refractivity contribution in [2.75, 3.05) is 25.6 Å². The van der Waals surface area contributed by atoms with Crippen LogP contribution in [0.5, 0.6) is 23.0 Å². The minimum absolute atomic E-state index is 0.0845. The van der Waals surface area contributed by atoms with Crippen molar-refractivity contribution in [1.29, 1.82) is 0 Å². The Morgan fingerprint density at radius 1 is 1.00 bits per heavy atom. The van der Waals surface area contributed by atoms with Gasteiger partial charge in [-0.3, -0.25) is 4.79 Å². The van der Waals surface area contributed by atoms with Crippen molar-refractivity contribution in [2.45, 2.75) is 38.7 Å². The molecular weight excluding hydrogens is 358 g/mol. The van der Waals surface area contributed by atoms with Gasteiger partial charge in [-0.1, -0.05) is 0 Å². The molecule has 0 aromatic heterocycles. The Bertz CT molecular complexity index is 769. The summed E-state index contributed by atoms with van der Waals surface area (Å²) >= 11 is 0. The van der Waals surface area contributed by atoms with Gasteiger partial charge >= 0.3 is 0 Å². The quantitative estimate of drug-likeness (QED) is 0.692. The van der Waals surface area contributed by atoms with Gasteiger partial charge in [0.05, 0.1) is 19.8 Å². The van der Waals surface area contributed by atoms with Gasteiger partial charge in [-0.05, 0) is 69.0 Å². The van der Waals surface area contributed by atoms with Crippen LogP contribution in [0, 0.1) is 0 Å². The van der Waals surface area contributed by atoms with Crippen LogP contribution in [0.4, 0.5) is 5.69 Å². The Morgan fingerprint density at radius 3 is 2.32 bits per heavy atom. The molecule has 6 heteroatoms. The molecule has 0 spiro atoms. The van der Waals surface area contributed by atoms with Gasteiger partial charge in [0, 0.05) is 11.8 Å². The normalized spacial score (nSPS) is 13.8. The molecule has 150 valence electrons. The predicted octanol–water partition coefficient (Wildman–Crippen LogP) is 4.43. The average molecular weight is 385 g/mol. The van der Waals surface area contributed by atoms with Crippen LogP contribution >= 0.6 is 0 Å². The van der Waals surface area contributed by atoms with Gasteiger partial charge in [0.25, 0.3) is 5.91 Å². The van der Waals surface area contributed by atoms with Gasteiger partial charge in [0.2, 0.25) is 0 Å². The highest BCUT2D eigenvalue weighted by Gasteiger charge is 2.19. The number of benzene rings is 2. The second-order valence-corrected chi connectivity index (χ2v) is 6.63. The molecule has 1 aliphatic rings. The third-order valence-corrected chi connectivity index (χ3v) is 4.55. The minimum atomic E-state index is -0.245. The molecule has 3 rings (SSSR count). The SMILES string of the molecule is CCOc1ccc(OCC(=O)Nc2ccc(OC)c(OC3CCCC3)c2)cc1. The molecule has 0 heterocycles. The fourth-order valence-corrected chi connectivity index (χ4v) is 3.18. The first kappa shape index (κ1) is 19.9. The first-order chi connectivity index (χ1) is 13.7. The van der Waals surface area contributed by atoms with E-state index in [1.165, 1.54) is 12.8 Å². The Balaban J connectivity index is 1.55. The van der Waals surface area contributed by atoms with Crippen LogP contribution in [-0.2, 0) is 4.79 Å². The Labute approximate surface area is 165 Å². The molecule has 1 aliphatic carbocycles. The third kappa shape index (κ3) is 5.55. The van der Waals surface area contributed by atoms with Crippen LogP contribution in [0.1, 0.15) is 32.6 Å². The van der Waals surface area contributed by atoms with Crippen molar-refractivity contribution >= 4 is 11.6 Å². The summed E-state index contributed by atoms with van der Waals surface area (Å²) in [6, 6.07) is 12.6. The maximum Gasteiger partial charge on any atom is 0.262 e. The molecule has 0 radical (unpaired) electrons. The Kier molecular flexibility index (Phi) is 7.00. The molecule has 0 unspecified atom stereocenters. The van der Waals surface area contributed by atoms with E-state index in [4.69, 9.17) is 18.9 Å². The Morgan fingerprint density at radius 2 is 1.68 bits per heavy atom. The molecular formula is C22H27NO5. The van der Waals surface area contributed by atoms with E-state index in [2.05, 4.69) is 5.32 Å². The molecule has 2 aromatic carbocycles. The molecule has 6 nitrogen and oxygen atoms in total. The van der Waals surface area contributed by atoms with E-state index in [0.29, 0.717) is 29.5 Å². The zero-order valence-electron chi connectivity index (χ0n) is 16.4. The number of methoxy groups -OCH3 is 1. The van der Waals surface area contributed by atoms with E-state index in [9.17, 15) is 4.79 Å². The number of carbonyl (C=O) groups excluding carboxylic acids is 1. The number of rotatable bonds is 9. The number of anilines is 1. The number of hydrogen-bond donors (Lipinski definition) is 1. The monoisotopic (exact) mass is 385 g/mol. The molecule has 0 bridgehead atoms. The smallest absolute Gasteiger partial charge is 0.262 e. The zero-order valence-corrected chi connectivity index (χ0v) is 16.4. The molecule has 1 fully saturated rings. The molecule has 0 saturated heterocycles. The molecule has 0 atom stereocenters. The first-order valence-electron chi connectivity index (χ1n) is 9.68. The highest BCUT2D eigenvalue weighted by molar-refractivity contribution is 5.92. The number of nitrogens with one attached hydrogen (secondary N) is 1. The maximum absolute atomic E-state index is 12.2. The molecule has 1 amide bonds. The summed E-state index contributed by atoms with van der Waals surface area (Å²) in [7, 11) is 1.61. The van der Waals surface area contributed by atoms with Gasteiger partial charge in [-0.25, -0.2) is 0 Å². The highest BCUT2D eigenvalue weighted by atomic mass is 16.5. The van der Waals surface area contributed by atoms with Gasteiger partial charge in [0.1, 0.15) is 11.5 Å². The zero-order chi connectivity index (χ0) is 19.8. The van der Waals surface area contributed by atoms with E-state index < -0.39 is 0 Å². The first-order valence-corrected chi connectivity index (χ1v) is 9.68.